The number of ether oxygens (including phenoxy) is 2. The van der Waals surface area contributed by atoms with Crippen molar-refractivity contribution in [2.75, 3.05) is 12.4 Å². The molecule has 0 fully saturated rings. The number of para-hydroxylation sites is 1. The van der Waals surface area contributed by atoms with E-state index in [1.165, 1.54) is 20.1 Å². The van der Waals surface area contributed by atoms with Crippen molar-refractivity contribution < 1.29 is 19.1 Å². The van der Waals surface area contributed by atoms with Crippen LogP contribution in [0.2, 0.25) is 5.02 Å². The number of esters is 1. The summed E-state index contributed by atoms with van der Waals surface area (Å²) < 4.78 is 10.5. The smallest absolute Gasteiger partial charge is 0.331 e. The minimum atomic E-state index is -1.01. The molecule has 0 aliphatic heterocycles. The van der Waals surface area contributed by atoms with Crippen LogP contribution in [0.4, 0.5) is 5.69 Å². The van der Waals surface area contributed by atoms with Gasteiger partial charge in [-0.2, -0.15) is 0 Å². The summed E-state index contributed by atoms with van der Waals surface area (Å²) in [6, 6.07) is 12.8. The number of amides is 1. The fraction of sp³-hybridized carbons (Fsp3) is 0.174. The second-order valence-electron chi connectivity index (χ2n) is 6.63. The molecule has 1 aromatic heterocycles. The number of carbonyl (C=O) groups excluding carboxylic acids is 2. The van der Waals surface area contributed by atoms with Gasteiger partial charge >= 0.3 is 5.97 Å². The van der Waals surface area contributed by atoms with Gasteiger partial charge in [0.05, 0.1) is 18.3 Å². The molecule has 6 nitrogen and oxygen atoms in total. The van der Waals surface area contributed by atoms with E-state index in [-0.39, 0.29) is 0 Å². The number of anilines is 1. The molecule has 0 radical (unpaired) electrons. The number of fused-ring (bicyclic) bond motifs is 1. The number of halogens is 1. The zero-order valence-electron chi connectivity index (χ0n) is 16.8. The molecule has 1 N–H and O–H groups in total. The quantitative estimate of drug-likeness (QED) is 0.454. The lowest BCUT2D eigenvalue weighted by Crippen LogP contribution is -2.29. The standard InChI is InChI=1S/C23H21ClN2O4/c1-14-12-19(20(29-3)13-18(14)24)26-23(28)15(2)30-21(27)10-9-17-7-4-6-16-8-5-11-25-22(16)17/h4-13,15H,1-3H3,(H,26,28)/b10-9+/t15-/m0/s1. The van der Waals surface area contributed by atoms with E-state index in [4.69, 9.17) is 21.1 Å². The Morgan fingerprint density at radius 2 is 1.97 bits per heavy atom. The van der Waals surface area contributed by atoms with Crippen molar-refractivity contribution in [1.29, 1.82) is 0 Å². The lowest BCUT2D eigenvalue weighted by atomic mass is 10.1. The van der Waals surface area contributed by atoms with Crippen molar-refractivity contribution in [2.24, 2.45) is 0 Å². The molecule has 0 saturated carbocycles. The van der Waals surface area contributed by atoms with E-state index in [1.54, 1.807) is 24.4 Å². The fourth-order valence-corrected chi connectivity index (χ4v) is 3.01. The maximum absolute atomic E-state index is 12.5. The monoisotopic (exact) mass is 424 g/mol. The number of methoxy groups -OCH3 is 1. The van der Waals surface area contributed by atoms with Crippen LogP contribution in [0.1, 0.15) is 18.1 Å². The third-order valence-corrected chi connectivity index (χ3v) is 4.87. The summed E-state index contributed by atoms with van der Waals surface area (Å²) in [5.74, 6) is -0.700. The summed E-state index contributed by atoms with van der Waals surface area (Å²) in [6.45, 7) is 3.31. The lowest BCUT2D eigenvalue weighted by molar-refractivity contribution is -0.148. The highest BCUT2D eigenvalue weighted by molar-refractivity contribution is 6.31. The summed E-state index contributed by atoms with van der Waals surface area (Å²) in [5.41, 5.74) is 2.79. The summed E-state index contributed by atoms with van der Waals surface area (Å²) in [5, 5.41) is 4.19. The Kier molecular flexibility index (Phi) is 6.69. The summed E-state index contributed by atoms with van der Waals surface area (Å²) in [6.07, 6.45) is 3.58. The van der Waals surface area contributed by atoms with E-state index in [0.29, 0.717) is 16.5 Å². The van der Waals surface area contributed by atoms with Crippen LogP contribution in [0.25, 0.3) is 17.0 Å². The van der Waals surface area contributed by atoms with Crippen LogP contribution in [-0.2, 0) is 14.3 Å². The SMILES string of the molecule is COc1cc(Cl)c(C)cc1NC(=O)[C@H](C)OC(=O)/C=C/c1cccc2cccnc12. The summed E-state index contributed by atoms with van der Waals surface area (Å²) >= 11 is 6.08. The number of carbonyl (C=O) groups is 2. The molecule has 30 heavy (non-hydrogen) atoms. The average Bonchev–Trinajstić information content (AvgIpc) is 2.74. The molecular weight excluding hydrogens is 404 g/mol. The van der Waals surface area contributed by atoms with Crippen LogP contribution in [0, 0.1) is 6.92 Å². The van der Waals surface area contributed by atoms with E-state index in [0.717, 1.165) is 22.0 Å². The topological polar surface area (TPSA) is 77.5 Å². The van der Waals surface area contributed by atoms with Gasteiger partial charge in [-0.15, -0.1) is 0 Å². The van der Waals surface area contributed by atoms with Gasteiger partial charge in [0, 0.05) is 34.3 Å². The first-order valence-electron chi connectivity index (χ1n) is 9.26. The number of aryl methyl sites for hydroxylation is 1. The summed E-state index contributed by atoms with van der Waals surface area (Å²) in [4.78, 5) is 29.0. The second-order valence-corrected chi connectivity index (χ2v) is 7.03. The van der Waals surface area contributed by atoms with Gasteiger partial charge < -0.3 is 14.8 Å². The Morgan fingerprint density at radius 3 is 2.73 bits per heavy atom. The van der Waals surface area contributed by atoms with Crippen molar-refractivity contribution >= 4 is 46.1 Å². The third kappa shape index (κ3) is 4.96. The van der Waals surface area contributed by atoms with Crippen molar-refractivity contribution in [1.82, 2.24) is 4.98 Å². The number of rotatable bonds is 6. The number of hydrogen-bond acceptors (Lipinski definition) is 5. The minimum Gasteiger partial charge on any atom is -0.495 e. The van der Waals surface area contributed by atoms with Crippen molar-refractivity contribution in [3.63, 3.8) is 0 Å². The van der Waals surface area contributed by atoms with Gasteiger partial charge in [0.15, 0.2) is 6.10 Å². The molecule has 154 valence electrons. The lowest BCUT2D eigenvalue weighted by Gasteiger charge is -2.15. The van der Waals surface area contributed by atoms with Crippen LogP contribution in [0.15, 0.2) is 54.7 Å². The molecule has 1 heterocycles. The van der Waals surface area contributed by atoms with Gasteiger partial charge in [-0.1, -0.05) is 35.9 Å². The number of nitrogens with zero attached hydrogens (tertiary/aromatic N) is 1. The van der Waals surface area contributed by atoms with Crippen molar-refractivity contribution in [3.8, 4) is 5.75 Å². The molecule has 1 amide bonds. The largest absolute Gasteiger partial charge is 0.495 e. The zero-order chi connectivity index (χ0) is 21.7. The Hall–Kier alpha value is -3.38. The number of pyridine rings is 1. The van der Waals surface area contributed by atoms with Gasteiger partial charge in [-0.3, -0.25) is 9.78 Å². The summed E-state index contributed by atoms with van der Waals surface area (Å²) in [7, 11) is 1.48. The predicted molar refractivity (Wildman–Crippen MR) is 118 cm³/mol. The number of aromatic nitrogens is 1. The van der Waals surface area contributed by atoms with Crippen LogP contribution in [-0.4, -0.2) is 30.1 Å². The maximum Gasteiger partial charge on any atom is 0.331 e. The Labute approximate surface area is 179 Å². The van der Waals surface area contributed by atoms with Crippen molar-refractivity contribution in [3.05, 3.63) is 70.9 Å². The first kappa shape index (κ1) is 21.3. The van der Waals surface area contributed by atoms with E-state index in [2.05, 4.69) is 10.3 Å². The molecule has 0 saturated heterocycles. The zero-order valence-corrected chi connectivity index (χ0v) is 17.6. The van der Waals surface area contributed by atoms with E-state index < -0.39 is 18.0 Å². The Morgan fingerprint density at radius 1 is 1.20 bits per heavy atom. The highest BCUT2D eigenvalue weighted by atomic mass is 35.5. The normalized spacial score (nSPS) is 12.0. The highest BCUT2D eigenvalue weighted by Crippen LogP contribution is 2.31. The molecule has 1 atom stereocenters. The third-order valence-electron chi connectivity index (χ3n) is 4.46. The van der Waals surface area contributed by atoms with Gasteiger partial charge in [-0.05, 0) is 37.6 Å². The van der Waals surface area contributed by atoms with Gasteiger partial charge in [0.2, 0.25) is 0 Å². The van der Waals surface area contributed by atoms with Crippen LogP contribution >= 0.6 is 11.6 Å². The molecule has 3 rings (SSSR count). The van der Waals surface area contributed by atoms with Gasteiger partial charge in [0.25, 0.3) is 5.91 Å². The van der Waals surface area contributed by atoms with E-state index in [1.807, 2.05) is 37.3 Å². The first-order valence-corrected chi connectivity index (χ1v) is 9.64. The Bertz CT molecular complexity index is 1120. The van der Waals surface area contributed by atoms with Crippen LogP contribution in [0.5, 0.6) is 5.75 Å². The second kappa shape index (κ2) is 9.41. The molecule has 0 unspecified atom stereocenters. The molecule has 7 heteroatoms. The van der Waals surface area contributed by atoms with Gasteiger partial charge in [0.1, 0.15) is 5.75 Å². The number of benzene rings is 2. The molecule has 0 bridgehead atoms. The molecule has 0 aliphatic carbocycles. The van der Waals surface area contributed by atoms with Gasteiger partial charge in [-0.25, -0.2) is 4.79 Å². The molecule has 3 aromatic rings. The highest BCUT2D eigenvalue weighted by Gasteiger charge is 2.19. The predicted octanol–water partition coefficient (Wildman–Crippen LogP) is 4.79. The van der Waals surface area contributed by atoms with Crippen LogP contribution < -0.4 is 10.1 Å². The molecule has 0 spiro atoms. The molecule has 2 aromatic carbocycles. The maximum atomic E-state index is 12.5. The van der Waals surface area contributed by atoms with E-state index in [9.17, 15) is 9.59 Å². The fourth-order valence-electron chi connectivity index (χ4n) is 2.85. The van der Waals surface area contributed by atoms with Crippen molar-refractivity contribution in [2.45, 2.75) is 20.0 Å². The Balaban J connectivity index is 1.66. The van der Waals surface area contributed by atoms with Crippen LogP contribution in [0.3, 0.4) is 0 Å². The van der Waals surface area contributed by atoms with E-state index >= 15 is 0 Å². The average molecular weight is 425 g/mol. The molecular formula is C23H21ClN2O4. The number of nitrogens with one attached hydrogen (secondary N) is 1. The first-order chi connectivity index (χ1) is 14.4. The number of hydrogen-bond donors (Lipinski definition) is 1. The minimum absolute atomic E-state index is 0.417. The molecule has 0 aliphatic rings.